The maximum absolute atomic E-state index is 12.3. The third kappa shape index (κ3) is 2.30. The van der Waals surface area contributed by atoms with E-state index in [0.29, 0.717) is 6.07 Å². The Morgan fingerprint density at radius 2 is 2.00 bits per heavy atom. The molecular formula is C6H7F2N3O3S. The highest BCUT2D eigenvalue weighted by Gasteiger charge is 2.22. The lowest BCUT2D eigenvalue weighted by Gasteiger charge is -2.07. The van der Waals surface area contributed by atoms with Gasteiger partial charge < -0.3 is 10.8 Å². The molecule has 0 radical (unpaired) electrons. The van der Waals surface area contributed by atoms with Gasteiger partial charge in [-0.3, -0.25) is 0 Å². The SMILES string of the molecule is Nc1cc(O)c(S(N)(=O)=O)nc1C(F)F. The average molecular weight is 239 g/mol. The summed E-state index contributed by atoms with van der Waals surface area (Å²) in [7, 11) is -4.36. The number of aromatic hydroxyl groups is 1. The van der Waals surface area contributed by atoms with Gasteiger partial charge in [-0.15, -0.1) is 0 Å². The number of hydrogen-bond donors (Lipinski definition) is 3. The second-order valence-electron chi connectivity index (χ2n) is 2.63. The summed E-state index contributed by atoms with van der Waals surface area (Å²) in [5.74, 6) is -0.862. The van der Waals surface area contributed by atoms with Gasteiger partial charge in [-0.2, -0.15) is 0 Å². The molecule has 0 saturated heterocycles. The summed E-state index contributed by atoms with van der Waals surface area (Å²) in [4.78, 5) is 3.00. The molecule has 0 aliphatic rings. The molecule has 0 atom stereocenters. The molecule has 1 heterocycles. The number of rotatable bonds is 2. The quantitative estimate of drug-likeness (QED) is 0.668. The molecule has 0 aliphatic carbocycles. The lowest BCUT2D eigenvalue weighted by atomic mass is 10.3. The predicted octanol–water partition coefficient (Wildman–Crippen LogP) is -0.0456. The molecule has 0 unspecified atom stereocenters. The van der Waals surface area contributed by atoms with E-state index in [2.05, 4.69) is 10.1 Å². The van der Waals surface area contributed by atoms with Crippen LogP contribution in [-0.4, -0.2) is 18.5 Å². The Labute approximate surface area is 83.6 Å². The molecule has 6 nitrogen and oxygen atoms in total. The highest BCUT2D eigenvalue weighted by molar-refractivity contribution is 7.89. The van der Waals surface area contributed by atoms with Gasteiger partial charge in [0.25, 0.3) is 16.4 Å². The van der Waals surface area contributed by atoms with Crippen molar-refractivity contribution in [2.24, 2.45) is 5.14 Å². The van der Waals surface area contributed by atoms with Crippen molar-refractivity contribution in [3.63, 3.8) is 0 Å². The largest absolute Gasteiger partial charge is 0.505 e. The van der Waals surface area contributed by atoms with Crippen molar-refractivity contribution >= 4 is 15.7 Å². The first-order valence-corrected chi connectivity index (χ1v) is 5.08. The molecule has 84 valence electrons. The molecule has 0 aromatic carbocycles. The van der Waals surface area contributed by atoms with E-state index in [0.717, 1.165) is 0 Å². The molecular weight excluding hydrogens is 232 g/mol. The Kier molecular flexibility index (Phi) is 2.77. The van der Waals surface area contributed by atoms with Crippen LogP contribution in [0, 0.1) is 0 Å². The van der Waals surface area contributed by atoms with Crippen LogP contribution in [0.1, 0.15) is 12.1 Å². The number of nitrogens with zero attached hydrogens (tertiary/aromatic N) is 1. The van der Waals surface area contributed by atoms with Crippen LogP contribution in [0.3, 0.4) is 0 Å². The van der Waals surface area contributed by atoms with Crippen LogP contribution in [0.15, 0.2) is 11.1 Å². The molecule has 1 aromatic rings. The Balaban J connectivity index is 3.50. The van der Waals surface area contributed by atoms with Crippen LogP contribution in [0.5, 0.6) is 5.75 Å². The summed E-state index contributed by atoms with van der Waals surface area (Å²) in [5.41, 5.74) is 3.66. The second-order valence-corrected chi connectivity index (χ2v) is 4.11. The van der Waals surface area contributed by atoms with Crippen molar-refractivity contribution in [2.75, 3.05) is 5.73 Å². The zero-order valence-corrected chi connectivity index (χ0v) is 8.00. The molecule has 0 fully saturated rings. The van der Waals surface area contributed by atoms with E-state index in [-0.39, 0.29) is 0 Å². The normalized spacial score (nSPS) is 12.0. The van der Waals surface area contributed by atoms with Crippen LogP contribution in [-0.2, 0) is 10.0 Å². The van der Waals surface area contributed by atoms with Crippen molar-refractivity contribution in [1.29, 1.82) is 0 Å². The molecule has 0 aliphatic heterocycles. The van der Waals surface area contributed by atoms with Gasteiger partial charge in [-0.25, -0.2) is 27.3 Å². The Hall–Kier alpha value is -1.48. The highest BCUT2D eigenvalue weighted by atomic mass is 32.2. The van der Waals surface area contributed by atoms with Crippen molar-refractivity contribution < 1.29 is 22.3 Å². The number of nitrogens with two attached hydrogens (primary N) is 2. The minimum Gasteiger partial charge on any atom is -0.505 e. The Morgan fingerprint density at radius 1 is 1.47 bits per heavy atom. The zero-order valence-electron chi connectivity index (χ0n) is 7.18. The smallest absolute Gasteiger partial charge is 0.282 e. The Bertz CT molecular complexity index is 489. The number of hydrogen-bond acceptors (Lipinski definition) is 5. The van der Waals surface area contributed by atoms with E-state index in [1.165, 1.54) is 0 Å². The summed E-state index contributed by atoms with van der Waals surface area (Å²) < 4.78 is 46.2. The summed E-state index contributed by atoms with van der Waals surface area (Å²) >= 11 is 0. The minimum atomic E-state index is -4.36. The number of aromatic nitrogens is 1. The summed E-state index contributed by atoms with van der Waals surface area (Å²) in [6.07, 6.45) is -3.05. The summed E-state index contributed by atoms with van der Waals surface area (Å²) in [6.45, 7) is 0. The molecule has 1 rings (SSSR count). The summed E-state index contributed by atoms with van der Waals surface area (Å²) in [5, 5.41) is 12.7. The van der Waals surface area contributed by atoms with E-state index in [4.69, 9.17) is 10.8 Å². The molecule has 15 heavy (non-hydrogen) atoms. The molecule has 0 amide bonds. The van der Waals surface area contributed by atoms with Gasteiger partial charge in [-0.1, -0.05) is 0 Å². The first-order chi connectivity index (χ1) is 6.73. The second kappa shape index (κ2) is 3.59. The molecule has 0 saturated carbocycles. The van der Waals surface area contributed by atoms with Gasteiger partial charge in [0.05, 0.1) is 5.69 Å². The highest BCUT2D eigenvalue weighted by Crippen LogP contribution is 2.29. The maximum Gasteiger partial charge on any atom is 0.282 e. The van der Waals surface area contributed by atoms with Crippen molar-refractivity contribution in [3.05, 3.63) is 11.8 Å². The van der Waals surface area contributed by atoms with Crippen molar-refractivity contribution in [2.45, 2.75) is 11.5 Å². The fourth-order valence-corrected chi connectivity index (χ4v) is 1.47. The predicted molar refractivity (Wildman–Crippen MR) is 46.6 cm³/mol. The lowest BCUT2D eigenvalue weighted by molar-refractivity contribution is 0.146. The summed E-state index contributed by atoms with van der Waals surface area (Å²) in [6, 6.07) is 0.661. The first kappa shape index (κ1) is 11.6. The van der Waals surface area contributed by atoms with Gasteiger partial charge in [0.15, 0.2) is 5.75 Å². The number of pyridine rings is 1. The number of alkyl halides is 2. The lowest BCUT2D eigenvalue weighted by Crippen LogP contribution is -2.16. The molecule has 0 bridgehead atoms. The maximum atomic E-state index is 12.3. The number of halogens is 2. The monoisotopic (exact) mass is 239 g/mol. The van der Waals surface area contributed by atoms with E-state index in [1.54, 1.807) is 0 Å². The van der Waals surface area contributed by atoms with E-state index >= 15 is 0 Å². The fraction of sp³-hybridized carbons (Fsp3) is 0.167. The number of nitrogen functional groups attached to an aromatic ring is 1. The van der Waals surface area contributed by atoms with Gasteiger partial charge in [0.1, 0.15) is 5.69 Å². The van der Waals surface area contributed by atoms with Crippen molar-refractivity contribution in [3.8, 4) is 5.75 Å². The zero-order chi connectivity index (χ0) is 11.8. The number of anilines is 1. The van der Waals surface area contributed by atoms with Crippen LogP contribution >= 0.6 is 0 Å². The molecule has 0 spiro atoms. The average Bonchev–Trinajstić information content (AvgIpc) is 2.00. The van der Waals surface area contributed by atoms with E-state index < -0.39 is 38.6 Å². The van der Waals surface area contributed by atoms with E-state index in [1.807, 2.05) is 0 Å². The molecule has 9 heteroatoms. The third-order valence-corrected chi connectivity index (χ3v) is 2.34. The third-order valence-electron chi connectivity index (χ3n) is 1.51. The van der Waals surface area contributed by atoms with Gasteiger partial charge >= 0.3 is 0 Å². The first-order valence-electron chi connectivity index (χ1n) is 3.54. The Morgan fingerprint density at radius 3 is 2.40 bits per heavy atom. The van der Waals surface area contributed by atoms with Crippen molar-refractivity contribution in [1.82, 2.24) is 4.98 Å². The van der Waals surface area contributed by atoms with Gasteiger partial charge in [0, 0.05) is 6.07 Å². The standard InChI is InChI=1S/C6H7F2N3O3S/c7-5(8)4-2(9)1-3(12)6(11-4)15(10,13)14/h1,5,12H,9H2,(H2,10,13,14). The van der Waals surface area contributed by atoms with Gasteiger partial charge in [-0.05, 0) is 0 Å². The van der Waals surface area contributed by atoms with E-state index in [9.17, 15) is 17.2 Å². The van der Waals surface area contributed by atoms with Gasteiger partial charge in [0.2, 0.25) is 5.03 Å². The molecule has 1 aromatic heterocycles. The van der Waals surface area contributed by atoms with Crippen LogP contribution < -0.4 is 10.9 Å². The number of sulfonamides is 1. The number of primary sulfonamides is 1. The van der Waals surface area contributed by atoms with Crippen LogP contribution in [0.2, 0.25) is 0 Å². The fourth-order valence-electron chi connectivity index (χ4n) is 0.898. The van der Waals surface area contributed by atoms with Crippen LogP contribution in [0.4, 0.5) is 14.5 Å². The minimum absolute atomic E-state index is 0.505. The van der Waals surface area contributed by atoms with Crippen LogP contribution in [0.25, 0.3) is 0 Å². The topological polar surface area (TPSA) is 119 Å². The molecule has 5 N–H and O–H groups in total.